The van der Waals surface area contributed by atoms with E-state index in [0.29, 0.717) is 17.8 Å². The zero-order valence-corrected chi connectivity index (χ0v) is 23.8. The molecule has 0 aromatic carbocycles. The fourth-order valence-electron chi connectivity index (χ4n) is 9.04. The topological polar surface area (TPSA) is 38.7 Å². The van der Waals surface area contributed by atoms with Gasteiger partial charge in [0.05, 0.1) is 6.10 Å². The minimum Gasteiger partial charge on any atom is -0.392 e. The standard InChI is InChI=1S/C32H50O3/c1-21(2)11-10-12-22(3)23-17-18-31(7)26-15-13-24-25(14-16-27(33)29(24,4)5)32(26,28(34-8)35-9)20-19-30(23,31)6/h10-13,15,22-23,26-28,33H,14,16-20H2,1-9H3/b12-10+/t22-,23-,26+,27+,30-,31+,32-/m1/s1. The molecule has 0 amide bonds. The highest BCUT2D eigenvalue weighted by Crippen LogP contribution is 2.74. The predicted molar refractivity (Wildman–Crippen MR) is 145 cm³/mol. The van der Waals surface area contributed by atoms with Gasteiger partial charge >= 0.3 is 0 Å². The summed E-state index contributed by atoms with van der Waals surface area (Å²) in [5.41, 5.74) is 4.17. The van der Waals surface area contributed by atoms with Crippen LogP contribution in [0.5, 0.6) is 0 Å². The van der Waals surface area contributed by atoms with E-state index < -0.39 is 0 Å². The van der Waals surface area contributed by atoms with Crippen LogP contribution in [0.4, 0.5) is 0 Å². The van der Waals surface area contributed by atoms with E-state index in [1.165, 1.54) is 36.0 Å². The van der Waals surface area contributed by atoms with E-state index in [-0.39, 0.29) is 34.1 Å². The van der Waals surface area contributed by atoms with Crippen LogP contribution in [-0.4, -0.2) is 31.7 Å². The van der Waals surface area contributed by atoms with Gasteiger partial charge in [0, 0.05) is 25.0 Å². The maximum absolute atomic E-state index is 10.9. The summed E-state index contributed by atoms with van der Waals surface area (Å²) < 4.78 is 12.3. The summed E-state index contributed by atoms with van der Waals surface area (Å²) in [5, 5.41) is 10.9. The van der Waals surface area contributed by atoms with Crippen molar-refractivity contribution in [2.24, 2.45) is 39.4 Å². The molecule has 0 saturated heterocycles. The number of aliphatic hydroxyl groups is 1. The Labute approximate surface area is 214 Å². The Bertz CT molecular complexity index is 930. The van der Waals surface area contributed by atoms with Crippen molar-refractivity contribution in [1.82, 2.24) is 0 Å². The highest BCUT2D eigenvalue weighted by atomic mass is 16.7. The first-order valence-corrected chi connectivity index (χ1v) is 13.9. The van der Waals surface area contributed by atoms with Crippen LogP contribution in [-0.2, 0) is 9.47 Å². The van der Waals surface area contributed by atoms with Crippen LogP contribution in [0.15, 0.2) is 47.1 Å². The van der Waals surface area contributed by atoms with Crippen molar-refractivity contribution in [3.63, 3.8) is 0 Å². The van der Waals surface area contributed by atoms with Crippen molar-refractivity contribution >= 4 is 0 Å². The van der Waals surface area contributed by atoms with Gasteiger partial charge in [0.2, 0.25) is 0 Å². The van der Waals surface area contributed by atoms with Gasteiger partial charge in [0.15, 0.2) is 6.29 Å². The lowest BCUT2D eigenvalue weighted by atomic mass is 9.41. The highest BCUT2D eigenvalue weighted by molar-refractivity contribution is 5.46. The van der Waals surface area contributed by atoms with Crippen molar-refractivity contribution in [2.75, 3.05) is 14.2 Å². The van der Waals surface area contributed by atoms with Crippen LogP contribution in [0.3, 0.4) is 0 Å². The fourth-order valence-corrected chi connectivity index (χ4v) is 9.04. The van der Waals surface area contributed by atoms with Crippen molar-refractivity contribution in [3.05, 3.63) is 47.1 Å². The number of allylic oxidation sites excluding steroid dienone is 6. The van der Waals surface area contributed by atoms with Crippen LogP contribution in [0.25, 0.3) is 0 Å². The number of methoxy groups -OCH3 is 2. The molecule has 0 spiro atoms. The fraction of sp³-hybridized carbons (Fsp3) is 0.750. The second-order valence-corrected chi connectivity index (χ2v) is 13.3. The number of rotatable bonds is 6. The zero-order chi connectivity index (χ0) is 25.8. The van der Waals surface area contributed by atoms with Crippen LogP contribution in [0.1, 0.15) is 87.0 Å². The molecule has 35 heavy (non-hydrogen) atoms. The van der Waals surface area contributed by atoms with Gasteiger partial charge in [-0.05, 0) is 86.5 Å². The molecule has 7 atom stereocenters. The van der Waals surface area contributed by atoms with Gasteiger partial charge in [-0.2, -0.15) is 0 Å². The molecule has 4 rings (SSSR count). The summed E-state index contributed by atoms with van der Waals surface area (Å²) in [6.07, 6.45) is 17.8. The molecule has 0 unspecified atom stereocenters. The van der Waals surface area contributed by atoms with Crippen LogP contribution in [0, 0.1) is 39.4 Å². The van der Waals surface area contributed by atoms with Crippen LogP contribution < -0.4 is 0 Å². The molecule has 0 aromatic heterocycles. The Hall–Kier alpha value is -1.16. The smallest absolute Gasteiger partial charge is 0.166 e. The summed E-state index contributed by atoms with van der Waals surface area (Å²) in [6, 6.07) is 0. The van der Waals surface area contributed by atoms with Gasteiger partial charge in [0.25, 0.3) is 0 Å². The molecule has 2 saturated carbocycles. The van der Waals surface area contributed by atoms with Gasteiger partial charge in [0.1, 0.15) is 0 Å². The number of hydrogen-bond acceptors (Lipinski definition) is 3. The van der Waals surface area contributed by atoms with Gasteiger partial charge in [-0.25, -0.2) is 0 Å². The molecule has 0 aromatic rings. The number of ether oxygens (including phenoxy) is 2. The maximum Gasteiger partial charge on any atom is 0.166 e. The Morgan fingerprint density at radius 2 is 1.71 bits per heavy atom. The summed E-state index contributed by atoms with van der Waals surface area (Å²) in [6.45, 7) is 16.3. The quantitative estimate of drug-likeness (QED) is 0.312. The summed E-state index contributed by atoms with van der Waals surface area (Å²) in [7, 11) is 3.62. The first-order chi connectivity index (χ1) is 16.4. The Kier molecular flexibility index (Phi) is 7.14. The minimum absolute atomic E-state index is 0.166. The lowest BCUT2D eigenvalue weighted by molar-refractivity contribution is -0.224. The molecule has 0 radical (unpaired) electrons. The van der Waals surface area contributed by atoms with Crippen molar-refractivity contribution in [3.8, 4) is 0 Å². The van der Waals surface area contributed by atoms with Gasteiger partial charge < -0.3 is 14.6 Å². The molecule has 3 heteroatoms. The zero-order valence-electron chi connectivity index (χ0n) is 23.8. The Balaban J connectivity index is 1.80. The maximum atomic E-state index is 10.9. The average Bonchev–Trinajstić information content (AvgIpc) is 3.08. The predicted octanol–water partition coefficient (Wildman–Crippen LogP) is 7.63. The lowest BCUT2D eigenvalue weighted by Gasteiger charge is -2.64. The van der Waals surface area contributed by atoms with Gasteiger partial charge in [-0.15, -0.1) is 0 Å². The molecule has 1 N–H and O–H groups in total. The summed E-state index contributed by atoms with van der Waals surface area (Å²) >= 11 is 0. The van der Waals surface area contributed by atoms with Crippen molar-refractivity contribution < 1.29 is 14.6 Å². The number of aliphatic hydroxyl groups excluding tert-OH is 1. The lowest BCUT2D eigenvalue weighted by Crippen LogP contribution is -2.61. The van der Waals surface area contributed by atoms with E-state index in [1.807, 2.05) is 14.2 Å². The molecule has 2 fully saturated rings. The van der Waals surface area contributed by atoms with E-state index in [2.05, 4.69) is 78.8 Å². The molecule has 4 aliphatic rings. The average molecular weight is 483 g/mol. The van der Waals surface area contributed by atoms with Crippen molar-refractivity contribution in [1.29, 1.82) is 0 Å². The molecule has 0 aliphatic heterocycles. The second-order valence-electron chi connectivity index (χ2n) is 13.3. The number of fused-ring (bicyclic) bond motifs is 4. The SMILES string of the molecule is COC(OC)[C@@]12CC[C@]3(C)[C@@H]([C@H](C)/C=C/C=C(C)C)CC[C@@]3(C)[C@@H]1C=CC1=C2CC[C@H](O)C1(C)C. The van der Waals surface area contributed by atoms with E-state index >= 15 is 0 Å². The highest BCUT2D eigenvalue weighted by Gasteiger charge is 2.69. The molecule has 0 heterocycles. The van der Waals surface area contributed by atoms with E-state index in [9.17, 15) is 5.11 Å². The molecule has 3 nitrogen and oxygen atoms in total. The van der Waals surface area contributed by atoms with E-state index in [0.717, 1.165) is 19.3 Å². The molecular weight excluding hydrogens is 432 g/mol. The van der Waals surface area contributed by atoms with E-state index in [1.54, 1.807) is 0 Å². The first kappa shape index (κ1) is 26.9. The Morgan fingerprint density at radius 1 is 1.03 bits per heavy atom. The van der Waals surface area contributed by atoms with Gasteiger partial charge in [-0.1, -0.05) is 76.1 Å². The normalized spacial score (nSPS) is 41.1. The molecule has 196 valence electrons. The second kappa shape index (κ2) is 9.30. The minimum atomic E-state index is -0.309. The van der Waals surface area contributed by atoms with Crippen LogP contribution in [0.2, 0.25) is 0 Å². The summed E-state index contributed by atoms with van der Waals surface area (Å²) in [4.78, 5) is 0. The first-order valence-electron chi connectivity index (χ1n) is 13.9. The summed E-state index contributed by atoms with van der Waals surface area (Å²) in [5.74, 6) is 1.59. The number of hydrogen-bond donors (Lipinski definition) is 1. The monoisotopic (exact) mass is 482 g/mol. The van der Waals surface area contributed by atoms with Crippen LogP contribution >= 0.6 is 0 Å². The third-order valence-corrected chi connectivity index (χ3v) is 11.3. The van der Waals surface area contributed by atoms with Gasteiger partial charge in [-0.3, -0.25) is 0 Å². The third-order valence-electron chi connectivity index (χ3n) is 11.3. The molecule has 0 bridgehead atoms. The Morgan fingerprint density at radius 3 is 2.34 bits per heavy atom. The van der Waals surface area contributed by atoms with E-state index in [4.69, 9.17) is 9.47 Å². The molecule has 4 aliphatic carbocycles. The largest absolute Gasteiger partial charge is 0.392 e. The third kappa shape index (κ3) is 3.79. The van der Waals surface area contributed by atoms with Crippen molar-refractivity contribution in [2.45, 2.75) is 99.4 Å². The molecular formula is C32H50O3.